The van der Waals surface area contributed by atoms with Gasteiger partial charge in [-0.15, -0.1) is 11.3 Å². The molecule has 0 amide bonds. The van der Waals surface area contributed by atoms with Crippen molar-refractivity contribution < 1.29 is 0 Å². The third kappa shape index (κ3) is 4.18. The van der Waals surface area contributed by atoms with Crippen LogP contribution in [-0.2, 0) is 19.4 Å². The van der Waals surface area contributed by atoms with Crippen molar-refractivity contribution in [2.24, 2.45) is 5.73 Å². The molecule has 2 heterocycles. The summed E-state index contributed by atoms with van der Waals surface area (Å²) in [4.78, 5) is 1.46. The predicted octanol–water partition coefficient (Wildman–Crippen LogP) is 3.17. The lowest BCUT2D eigenvalue weighted by molar-refractivity contribution is 0.540. The lowest BCUT2D eigenvalue weighted by Gasteiger charge is -2.12. The van der Waals surface area contributed by atoms with Crippen LogP contribution in [0.1, 0.15) is 36.0 Å². The molecule has 0 aliphatic carbocycles. The zero-order chi connectivity index (χ0) is 13.7. The first-order chi connectivity index (χ1) is 9.19. The lowest BCUT2D eigenvalue weighted by Crippen LogP contribution is -2.24. The fourth-order valence-corrected chi connectivity index (χ4v) is 3.15. The van der Waals surface area contributed by atoms with E-state index in [4.69, 9.17) is 5.73 Å². The smallest absolute Gasteiger partial charge is 0.0596 e. The number of nitrogens with two attached hydrogens (primary N) is 1. The Balaban J connectivity index is 1.78. The molecule has 0 saturated heterocycles. The van der Waals surface area contributed by atoms with Gasteiger partial charge in [-0.2, -0.15) is 5.10 Å². The molecule has 0 saturated carbocycles. The van der Waals surface area contributed by atoms with E-state index in [1.54, 1.807) is 0 Å². The molecule has 19 heavy (non-hydrogen) atoms. The van der Waals surface area contributed by atoms with Crippen molar-refractivity contribution in [2.75, 3.05) is 0 Å². The number of hydrogen-bond donors (Lipinski definition) is 1. The molecule has 0 bridgehead atoms. The molecule has 104 valence electrons. The molecule has 0 spiro atoms. The summed E-state index contributed by atoms with van der Waals surface area (Å²) in [6.45, 7) is 5.08. The molecule has 1 unspecified atom stereocenters. The van der Waals surface area contributed by atoms with Gasteiger partial charge < -0.3 is 5.73 Å². The number of rotatable bonds is 7. The van der Waals surface area contributed by atoms with E-state index < -0.39 is 0 Å². The van der Waals surface area contributed by atoms with Gasteiger partial charge in [-0.3, -0.25) is 4.68 Å². The van der Waals surface area contributed by atoms with Crippen LogP contribution < -0.4 is 5.73 Å². The van der Waals surface area contributed by atoms with Crippen LogP contribution in [0.3, 0.4) is 0 Å². The van der Waals surface area contributed by atoms with E-state index >= 15 is 0 Å². The van der Waals surface area contributed by atoms with Gasteiger partial charge in [0.05, 0.1) is 5.69 Å². The highest BCUT2D eigenvalue weighted by molar-refractivity contribution is 7.09. The lowest BCUT2D eigenvalue weighted by atomic mass is 10.0. The molecule has 0 fully saturated rings. The summed E-state index contributed by atoms with van der Waals surface area (Å²) in [5.41, 5.74) is 8.59. The number of aromatic nitrogens is 2. The normalized spacial score (nSPS) is 12.8. The van der Waals surface area contributed by atoms with Crippen LogP contribution in [0.4, 0.5) is 0 Å². The Morgan fingerprint density at radius 3 is 3.00 bits per heavy atom. The van der Waals surface area contributed by atoms with Crippen molar-refractivity contribution in [2.45, 2.75) is 52.1 Å². The summed E-state index contributed by atoms with van der Waals surface area (Å²) in [6.07, 6.45) is 4.32. The van der Waals surface area contributed by atoms with Crippen LogP contribution in [0, 0.1) is 6.92 Å². The Hall–Kier alpha value is -1.13. The topological polar surface area (TPSA) is 43.8 Å². The summed E-state index contributed by atoms with van der Waals surface area (Å²) < 4.78 is 2.06. The molecule has 2 aromatic rings. The van der Waals surface area contributed by atoms with Crippen LogP contribution in [0.5, 0.6) is 0 Å². The van der Waals surface area contributed by atoms with E-state index in [0.29, 0.717) is 0 Å². The molecule has 2 rings (SSSR count). The average Bonchev–Trinajstić information content (AvgIpc) is 2.99. The molecule has 4 heteroatoms. The summed E-state index contributed by atoms with van der Waals surface area (Å²) in [5.74, 6) is 0. The highest BCUT2D eigenvalue weighted by atomic mass is 32.1. The quantitative estimate of drug-likeness (QED) is 0.845. The highest BCUT2D eigenvalue weighted by Gasteiger charge is 2.09. The standard InChI is InChI=1S/C15H23N3S/c1-3-18-14(10-12(2)17-18)11-13(16)6-4-7-15-8-5-9-19-15/h5,8-10,13H,3-4,6-7,11,16H2,1-2H3. The first kappa shape index (κ1) is 14.3. The SMILES string of the molecule is CCn1nc(C)cc1CC(N)CCCc1cccs1. The summed E-state index contributed by atoms with van der Waals surface area (Å²) >= 11 is 1.83. The zero-order valence-electron chi connectivity index (χ0n) is 11.8. The Morgan fingerprint density at radius 2 is 2.32 bits per heavy atom. The van der Waals surface area contributed by atoms with Crippen molar-refractivity contribution in [3.8, 4) is 0 Å². The second-order valence-electron chi connectivity index (χ2n) is 5.03. The zero-order valence-corrected chi connectivity index (χ0v) is 12.6. The van der Waals surface area contributed by atoms with Crippen LogP contribution >= 0.6 is 11.3 Å². The maximum absolute atomic E-state index is 6.24. The second kappa shape index (κ2) is 6.87. The van der Waals surface area contributed by atoms with E-state index in [1.807, 2.05) is 18.3 Å². The van der Waals surface area contributed by atoms with Gasteiger partial charge >= 0.3 is 0 Å². The number of thiophene rings is 1. The van der Waals surface area contributed by atoms with E-state index in [9.17, 15) is 0 Å². The molecular weight excluding hydrogens is 254 g/mol. The van der Waals surface area contributed by atoms with E-state index in [-0.39, 0.29) is 6.04 Å². The minimum absolute atomic E-state index is 0.237. The second-order valence-corrected chi connectivity index (χ2v) is 6.06. The van der Waals surface area contributed by atoms with Gasteiger partial charge in [-0.1, -0.05) is 6.07 Å². The van der Waals surface area contributed by atoms with Gasteiger partial charge in [0.15, 0.2) is 0 Å². The van der Waals surface area contributed by atoms with Crippen LogP contribution in [0.2, 0.25) is 0 Å². The Morgan fingerprint density at radius 1 is 1.47 bits per heavy atom. The van der Waals surface area contributed by atoms with Gasteiger partial charge in [0.25, 0.3) is 0 Å². The van der Waals surface area contributed by atoms with Crippen molar-refractivity contribution >= 4 is 11.3 Å². The summed E-state index contributed by atoms with van der Waals surface area (Å²) in [7, 11) is 0. The van der Waals surface area contributed by atoms with Gasteiger partial charge in [0, 0.05) is 29.6 Å². The minimum Gasteiger partial charge on any atom is -0.327 e. The molecular formula is C15H23N3S. The molecule has 2 aromatic heterocycles. The Bertz CT molecular complexity index is 487. The monoisotopic (exact) mass is 277 g/mol. The Labute approximate surface area is 119 Å². The van der Waals surface area contributed by atoms with Gasteiger partial charge in [-0.05, 0) is 50.6 Å². The number of nitrogens with zero attached hydrogens (tertiary/aromatic N) is 2. The van der Waals surface area contributed by atoms with Crippen LogP contribution in [-0.4, -0.2) is 15.8 Å². The van der Waals surface area contributed by atoms with Crippen molar-refractivity contribution in [1.82, 2.24) is 9.78 Å². The maximum Gasteiger partial charge on any atom is 0.0596 e. The van der Waals surface area contributed by atoms with Crippen LogP contribution in [0.15, 0.2) is 23.6 Å². The number of hydrogen-bond acceptors (Lipinski definition) is 3. The van der Waals surface area contributed by atoms with Crippen LogP contribution in [0.25, 0.3) is 0 Å². The average molecular weight is 277 g/mol. The molecule has 2 N–H and O–H groups in total. The van der Waals surface area contributed by atoms with E-state index in [0.717, 1.165) is 31.5 Å². The molecule has 3 nitrogen and oxygen atoms in total. The van der Waals surface area contributed by atoms with Gasteiger partial charge in [0.1, 0.15) is 0 Å². The van der Waals surface area contributed by atoms with Gasteiger partial charge in [-0.25, -0.2) is 0 Å². The first-order valence-corrected chi connectivity index (χ1v) is 7.88. The largest absolute Gasteiger partial charge is 0.327 e. The van der Waals surface area contributed by atoms with E-state index in [1.165, 1.54) is 17.0 Å². The number of aryl methyl sites for hydroxylation is 3. The fourth-order valence-electron chi connectivity index (χ4n) is 2.40. The highest BCUT2D eigenvalue weighted by Crippen LogP contribution is 2.14. The Kier molecular flexibility index (Phi) is 5.16. The first-order valence-electron chi connectivity index (χ1n) is 7.00. The molecule has 1 atom stereocenters. The summed E-state index contributed by atoms with van der Waals surface area (Å²) in [6, 6.07) is 6.71. The molecule has 0 radical (unpaired) electrons. The minimum atomic E-state index is 0.237. The molecule has 0 aliphatic heterocycles. The molecule has 0 aromatic carbocycles. The van der Waals surface area contributed by atoms with E-state index in [2.05, 4.69) is 40.3 Å². The maximum atomic E-state index is 6.24. The van der Waals surface area contributed by atoms with Crippen molar-refractivity contribution in [3.63, 3.8) is 0 Å². The van der Waals surface area contributed by atoms with Crippen molar-refractivity contribution in [1.29, 1.82) is 0 Å². The van der Waals surface area contributed by atoms with Gasteiger partial charge in [0.2, 0.25) is 0 Å². The third-order valence-corrected chi connectivity index (χ3v) is 4.27. The van der Waals surface area contributed by atoms with Crippen molar-refractivity contribution in [3.05, 3.63) is 39.8 Å². The predicted molar refractivity (Wildman–Crippen MR) is 81.6 cm³/mol. The third-order valence-electron chi connectivity index (χ3n) is 3.33. The fraction of sp³-hybridized carbons (Fsp3) is 0.533. The molecule has 0 aliphatic rings. The summed E-state index contributed by atoms with van der Waals surface area (Å²) in [5, 5.41) is 6.60.